The topological polar surface area (TPSA) is 22.0 Å². The minimum Gasteiger partial charge on any atom is -0.349 e. The molecule has 0 N–H and O–H groups in total. The Labute approximate surface area is 110 Å². The Morgan fingerprint density at radius 1 is 1.10 bits per heavy atom. The van der Waals surface area contributed by atoms with Gasteiger partial charge in [-0.15, -0.1) is 0 Å². The molecule has 2 nitrogen and oxygen atoms in total. The van der Waals surface area contributed by atoms with Gasteiger partial charge in [0.05, 0.1) is 6.54 Å². The summed E-state index contributed by atoms with van der Waals surface area (Å²) in [6.07, 6.45) is -2.91. The summed E-state index contributed by atoms with van der Waals surface area (Å²) in [6, 6.07) is 4.23. The number of hydrogen-bond acceptors (Lipinski definition) is 1. The van der Waals surface area contributed by atoms with Crippen LogP contribution in [0.2, 0.25) is 0 Å². The van der Waals surface area contributed by atoms with E-state index < -0.39 is 29.2 Å². The zero-order valence-electron chi connectivity index (χ0n) is 9.92. The predicted octanol–water partition coefficient (Wildman–Crippen LogP) is 3.56. The number of halogens is 5. The van der Waals surface area contributed by atoms with Gasteiger partial charge in [0, 0.05) is 23.5 Å². The quantitative estimate of drug-likeness (QED) is 0.625. The van der Waals surface area contributed by atoms with Gasteiger partial charge in [0.25, 0.3) is 5.78 Å². The van der Waals surface area contributed by atoms with E-state index in [1.807, 2.05) is 0 Å². The number of alkyl halides is 3. The van der Waals surface area contributed by atoms with Gasteiger partial charge in [-0.25, -0.2) is 8.78 Å². The molecular weight excluding hydrogens is 281 g/mol. The molecule has 20 heavy (non-hydrogen) atoms. The molecular formula is C13H8F5NO. The third kappa shape index (κ3) is 2.87. The van der Waals surface area contributed by atoms with E-state index >= 15 is 0 Å². The normalized spacial score (nSPS) is 11.7. The first-order valence-electron chi connectivity index (χ1n) is 5.49. The Hall–Kier alpha value is -2.18. The molecule has 0 saturated carbocycles. The summed E-state index contributed by atoms with van der Waals surface area (Å²) in [7, 11) is 0. The van der Waals surface area contributed by atoms with Crippen LogP contribution >= 0.6 is 0 Å². The highest BCUT2D eigenvalue weighted by Crippen LogP contribution is 2.22. The molecule has 0 aliphatic carbocycles. The lowest BCUT2D eigenvalue weighted by Crippen LogP contribution is -2.22. The molecule has 1 aromatic heterocycles. The van der Waals surface area contributed by atoms with Crippen LogP contribution < -0.4 is 0 Å². The number of nitrogens with zero attached hydrogens (tertiary/aromatic N) is 1. The first-order valence-corrected chi connectivity index (χ1v) is 5.49. The summed E-state index contributed by atoms with van der Waals surface area (Å²) in [6.45, 7) is -0.302. The maximum Gasteiger partial charge on any atom is 0.454 e. The number of carbonyl (C=O) groups is 1. The van der Waals surface area contributed by atoms with Crippen LogP contribution in [-0.2, 0) is 6.54 Å². The highest BCUT2D eigenvalue weighted by atomic mass is 19.4. The van der Waals surface area contributed by atoms with Gasteiger partial charge in [-0.2, -0.15) is 13.2 Å². The van der Waals surface area contributed by atoms with Gasteiger partial charge >= 0.3 is 6.18 Å². The first-order chi connectivity index (χ1) is 9.29. The van der Waals surface area contributed by atoms with Crippen LogP contribution in [0, 0.1) is 11.6 Å². The van der Waals surface area contributed by atoms with E-state index in [0.29, 0.717) is 0 Å². The van der Waals surface area contributed by atoms with Crippen molar-refractivity contribution >= 4 is 5.78 Å². The fourth-order valence-electron chi connectivity index (χ4n) is 1.70. The summed E-state index contributed by atoms with van der Waals surface area (Å²) in [5.41, 5.74) is -0.858. The van der Waals surface area contributed by atoms with Crippen molar-refractivity contribution in [2.45, 2.75) is 12.7 Å². The van der Waals surface area contributed by atoms with Crippen molar-refractivity contribution in [3.8, 4) is 0 Å². The molecule has 0 atom stereocenters. The van der Waals surface area contributed by atoms with Crippen LogP contribution in [0.5, 0.6) is 0 Å². The molecule has 0 saturated heterocycles. The van der Waals surface area contributed by atoms with Crippen LogP contribution in [-0.4, -0.2) is 16.5 Å². The van der Waals surface area contributed by atoms with Crippen LogP contribution in [0.25, 0.3) is 0 Å². The van der Waals surface area contributed by atoms with E-state index in [9.17, 15) is 26.7 Å². The van der Waals surface area contributed by atoms with E-state index in [2.05, 4.69) is 0 Å². The number of hydrogen-bond donors (Lipinski definition) is 0. The molecule has 0 amide bonds. The smallest absolute Gasteiger partial charge is 0.349 e. The van der Waals surface area contributed by atoms with Gasteiger partial charge in [-0.3, -0.25) is 4.79 Å². The second-order valence-corrected chi connectivity index (χ2v) is 4.10. The summed E-state index contributed by atoms with van der Waals surface area (Å²) in [5, 5.41) is 0. The second-order valence-electron chi connectivity index (χ2n) is 4.10. The van der Waals surface area contributed by atoms with Crippen molar-refractivity contribution in [1.29, 1.82) is 0 Å². The number of rotatable bonds is 3. The van der Waals surface area contributed by atoms with Crippen LogP contribution in [0.4, 0.5) is 22.0 Å². The fraction of sp³-hybridized carbons (Fsp3) is 0.154. The molecule has 0 unspecified atom stereocenters. The number of carbonyl (C=O) groups excluding carboxylic acids is 1. The lowest BCUT2D eigenvalue weighted by molar-refractivity contribution is -0.0885. The van der Waals surface area contributed by atoms with Gasteiger partial charge in [-0.1, -0.05) is 6.07 Å². The lowest BCUT2D eigenvalue weighted by Gasteiger charge is -2.06. The monoisotopic (exact) mass is 289 g/mol. The number of benzene rings is 1. The molecule has 0 aliphatic rings. The van der Waals surface area contributed by atoms with Gasteiger partial charge in [0.1, 0.15) is 11.6 Å². The average molecular weight is 289 g/mol. The molecule has 2 aromatic rings. The Morgan fingerprint density at radius 3 is 2.25 bits per heavy atom. The molecule has 0 aliphatic heterocycles. The fourth-order valence-corrected chi connectivity index (χ4v) is 1.70. The van der Waals surface area contributed by atoms with Gasteiger partial charge in [-0.05, 0) is 18.2 Å². The molecule has 0 radical (unpaired) electrons. The number of aromatic nitrogens is 1. The summed E-state index contributed by atoms with van der Waals surface area (Å²) in [4.78, 5) is 11.0. The molecule has 0 bridgehead atoms. The number of ketones is 1. The van der Waals surface area contributed by atoms with Crippen LogP contribution in [0.1, 0.15) is 15.9 Å². The zero-order chi connectivity index (χ0) is 14.9. The molecule has 1 aromatic carbocycles. The Balaban J connectivity index is 2.25. The van der Waals surface area contributed by atoms with Crippen molar-refractivity contribution in [2.75, 3.05) is 0 Å². The molecule has 2 rings (SSSR count). The Bertz CT molecular complexity index is 624. The molecule has 106 valence electrons. The van der Waals surface area contributed by atoms with E-state index in [1.54, 1.807) is 0 Å². The maximum absolute atomic E-state index is 13.4. The Kier molecular flexibility index (Phi) is 3.61. The summed E-state index contributed by atoms with van der Waals surface area (Å²) >= 11 is 0. The lowest BCUT2D eigenvalue weighted by atomic mass is 10.2. The van der Waals surface area contributed by atoms with Crippen molar-refractivity contribution < 1.29 is 26.7 Å². The van der Waals surface area contributed by atoms with Gasteiger partial charge in [0.2, 0.25) is 0 Å². The highest BCUT2D eigenvalue weighted by Gasteiger charge is 2.39. The highest BCUT2D eigenvalue weighted by molar-refractivity contribution is 6.00. The van der Waals surface area contributed by atoms with E-state index in [1.165, 1.54) is 6.07 Å². The second kappa shape index (κ2) is 5.07. The molecule has 7 heteroatoms. The number of Topliss-reactive ketones (excluding diaryl/α,β-unsaturated/α-hetero) is 1. The summed E-state index contributed by atoms with van der Waals surface area (Å²) in [5.74, 6) is -3.60. The maximum atomic E-state index is 13.4. The van der Waals surface area contributed by atoms with Crippen LogP contribution in [0.3, 0.4) is 0 Å². The molecule has 1 heterocycles. The standard InChI is InChI=1S/C13H8F5NO/c14-10-2-1-3-11(15)9(10)7-19-5-4-8(6-19)12(20)13(16,17)18/h1-6H,7H2. The zero-order valence-corrected chi connectivity index (χ0v) is 9.92. The summed E-state index contributed by atoms with van der Waals surface area (Å²) < 4.78 is 64.6. The van der Waals surface area contributed by atoms with Crippen LogP contribution in [0.15, 0.2) is 36.7 Å². The molecule has 0 spiro atoms. The third-order valence-electron chi connectivity index (χ3n) is 2.67. The van der Waals surface area contributed by atoms with Crippen molar-refractivity contribution in [2.24, 2.45) is 0 Å². The van der Waals surface area contributed by atoms with Gasteiger partial charge in [0.15, 0.2) is 0 Å². The third-order valence-corrected chi connectivity index (χ3v) is 2.67. The van der Waals surface area contributed by atoms with Crippen molar-refractivity contribution in [3.05, 3.63) is 59.4 Å². The van der Waals surface area contributed by atoms with Crippen molar-refractivity contribution in [3.63, 3.8) is 0 Å². The minimum atomic E-state index is -4.98. The average Bonchev–Trinajstić information content (AvgIpc) is 2.80. The Morgan fingerprint density at radius 2 is 1.70 bits per heavy atom. The molecule has 0 fully saturated rings. The van der Waals surface area contributed by atoms with Crippen molar-refractivity contribution in [1.82, 2.24) is 4.57 Å². The largest absolute Gasteiger partial charge is 0.454 e. The SMILES string of the molecule is O=C(c1ccn(Cc2c(F)cccc2F)c1)C(F)(F)F. The predicted molar refractivity (Wildman–Crippen MR) is 60.3 cm³/mol. The minimum absolute atomic E-state index is 0.283. The van der Waals surface area contributed by atoms with Gasteiger partial charge < -0.3 is 4.57 Å². The van der Waals surface area contributed by atoms with E-state index in [-0.39, 0.29) is 12.1 Å². The van der Waals surface area contributed by atoms with E-state index in [4.69, 9.17) is 0 Å². The van der Waals surface area contributed by atoms with E-state index in [0.717, 1.165) is 35.2 Å². The first kappa shape index (κ1) is 14.2.